The number of carbonyl (C=O) groups excluding carboxylic acids is 3. The molecule has 0 aliphatic carbocycles. The van der Waals surface area contributed by atoms with E-state index in [0.717, 1.165) is 20.1 Å². The Morgan fingerprint density at radius 1 is 0.966 bits per heavy atom. The molecular formula is C22H15BrN2O4. The van der Waals surface area contributed by atoms with Gasteiger partial charge in [-0.2, -0.15) is 0 Å². The second-order valence-corrected chi connectivity index (χ2v) is 7.25. The molecule has 0 bridgehead atoms. The molecule has 3 aromatic rings. The first-order chi connectivity index (χ1) is 14.0. The molecule has 1 heterocycles. The van der Waals surface area contributed by atoms with Crippen LogP contribution in [0, 0.1) is 0 Å². The molecule has 3 aromatic carbocycles. The molecule has 1 aliphatic heterocycles. The lowest BCUT2D eigenvalue weighted by molar-refractivity contribution is -0.122. The molecule has 1 fully saturated rings. The zero-order valence-electron chi connectivity index (χ0n) is 15.3. The van der Waals surface area contributed by atoms with Crippen LogP contribution >= 0.6 is 15.9 Å². The summed E-state index contributed by atoms with van der Waals surface area (Å²) < 4.78 is 6.24. The minimum Gasteiger partial charge on any atom is -0.496 e. The molecule has 1 aliphatic rings. The SMILES string of the molecule is COc1ccc2ccccc2c1/C=C1/C(=O)NC(=O)N(c2ccc(Br)cc2)C1=O. The van der Waals surface area contributed by atoms with Crippen molar-refractivity contribution in [3.05, 3.63) is 76.3 Å². The summed E-state index contributed by atoms with van der Waals surface area (Å²) >= 11 is 3.32. The number of halogens is 1. The molecule has 29 heavy (non-hydrogen) atoms. The molecule has 144 valence electrons. The van der Waals surface area contributed by atoms with Crippen LogP contribution in [-0.4, -0.2) is 25.0 Å². The number of barbiturate groups is 1. The standard InChI is InChI=1S/C22H15BrN2O4/c1-29-19-11-6-13-4-2-3-5-16(13)17(19)12-18-20(26)24-22(28)25(21(18)27)15-9-7-14(23)8-10-15/h2-12H,1H3,(H,24,26,28)/b18-12-. The molecular weight excluding hydrogens is 436 g/mol. The average molecular weight is 451 g/mol. The lowest BCUT2D eigenvalue weighted by atomic mass is 9.99. The third-order valence-electron chi connectivity index (χ3n) is 4.63. The largest absolute Gasteiger partial charge is 0.496 e. The van der Waals surface area contributed by atoms with Gasteiger partial charge in [-0.3, -0.25) is 14.9 Å². The van der Waals surface area contributed by atoms with Crippen LogP contribution in [-0.2, 0) is 9.59 Å². The number of imide groups is 2. The van der Waals surface area contributed by atoms with Gasteiger partial charge in [0.25, 0.3) is 11.8 Å². The summed E-state index contributed by atoms with van der Waals surface area (Å²) in [6.07, 6.45) is 1.47. The maximum Gasteiger partial charge on any atom is 0.335 e. The maximum atomic E-state index is 13.1. The van der Waals surface area contributed by atoms with Crippen LogP contribution in [0.5, 0.6) is 5.75 Å². The van der Waals surface area contributed by atoms with E-state index in [4.69, 9.17) is 4.74 Å². The fourth-order valence-electron chi connectivity index (χ4n) is 3.23. The van der Waals surface area contributed by atoms with Gasteiger partial charge in [0.15, 0.2) is 0 Å². The van der Waals surface area contributed by atoms with Crippen molar-refractivity contribution in [2.45, 2.75) is 0 Å². The summed E-state index contributed by atoms with van der Waals surface area (Å²) in [7, 11) is 1.52. The van der Waals surface area contributed by atoms with Crippen LogP contribution in [0.1, 0.15) is 5.56 Å². The summed E-state index contributed by atoms with van der Waals surface area (Å²) in [6.45, 7) is 0. The number of hydrogen-bond donors (Lipinski definition) is 1. The van der Waals surface area contributed by atoms with Crippen molar-refractivity contribution >= 4 is 56.3 Å². The summed E-state index contributed by atoms with van der Waals surface area (Å²) in [5, 5.41) is 4.00. The van der Waals surface area contributed by atoms with E-state index < -0.39 is 17.8 Å². The van der Waals surface area contributed by atoms with Crippen molar-refractivity contribution in [2.75, 3.05) is 12.0 Å². The minimum atomic E-state index is -0.788. The number of carbonyl (C=O) groups is 3. The van der Waals surface area contributed by atoms with E-state index in [1.807, 2.05) is 30.3 Å². The third kappa shape index (κ3) is 3.40. The predicted molar refractivity (Wildman–Crippen MR) is 114 cm³/mol. The maximum absolute atomic E-state index is 13.1. The summed E-state index contributed by atoms with van der Waals surface area (Å²) in [6, 6.07) is 17.1. The molecule has 1 N–H and O–H groups in total. The van der Waals surface area contributed by atoms with Crippen molar-refractivity contribution in [2.24, 2.45) is 0 Å². The van der Waals surface area contributed by atoms with Gasteiger partial charge >= 0.3 is 6.03 Å². The zero-order valence-corrected chi connectivity index (χ0v) is 16.9. The van der Waals surface area contributed by atoms with Crippen molar-refractivity contribution < 1.29 is 19.1 Å². The highest BCUT2D eigenvalue weighted by atomic mass is 79.9. The van der Waals surface area contributed by atoms with E-state index >= 15 is 0 Å². The van der Waals surface area contributed by atoms with E-state index in [0.29, 0.717) is 17.0 Å². The molecule has 0 spiro atoms. The van der Waals surface area contributed by atoms with E-state index in [1.165, 1.54) is 13.2 Å². The molecule has 4 amide bonds. The van der Waals surface area contributed by atoms with Gasteiger partial charge in [-0.25, -0.2) is 9.69 Å². The number of urea groups is 1. The van der Waals surface area contributed by atoms with Crippen LogP contribution in [0.15, 0.2) is 70.7 Å². The average Bonchev–Trinajstić information content (AvgIpc) is 2.72. The van der Waals surface area contributed by atoms with Crippen LogP contribution in [0.25, 0.3) is 16.8 Å². The van der Waals surface area contributed by atoms with E-state index in [2.05, 4.69) is 21.2 Å². The van der Waals surface area contributed by atoms with E-state index in [9.17, 15) is 14.4 Å². The zero-order chi connectivity index (χ0) is 20.5. The van der Waals surface area contributed by atoms with Gasteiger partial charge in [0.05, 0.1) is 12.8 Å². The lowest BCUT2D eigenvalue weighted by Crippen LogP contribution is -2.54. The monoisotopic (exact) mass is 450 g/mol. The number of rotatable bonds is 3. The molecule has 0 saturated carbocycles. The molecule has 7 heteroatoms. The second kappa shape index (κ2) is 7.52. The smallest absolute Gasteiger partial charge is 0.335 e. The number of ether oxygens (including phenoxy) is 1. The van der Waals surface area contributed by atoms with Crippen molar-refractivity contribution in [3.63, 3.8) is 0 Å². The van der Waals surface area contributed by atoms with Gasteiger partial charge in [0, 0.05) is 10.0 Å². The predicted octanol–water partition coefficient (Wildman–Crippen LogP) is 4.28. The van der Waals surface area contributed by atoms with Crippen LogP contribution in [0.3, 0.4) is 0 Å². The molecule has 0 atom stereocenters. The second-order valence-electron chi connectivity index (χ2n) is 6.34. The Labute approximate surface area is 174 Å². The number of anilines is 1. The summed E-state index contributed by atoms with van der Waals surface area (Å²) in [5.74, 6) is -0.927. The topological polar surface area (TPSA) is 75.7 Å². The Morgan fingerprint density at radius 2 is 1.69 bits per heavy atom. The first-order valence-electron chi connectivity index (χ1n) is 8.72. The summed E-state index contributed by atoms with van der Waals surface area (Å²) in [5.41, 5.74) is 0.801. The Balaban J connectivity index is 1.86. The van der Waals surface area contributed by atoms with Crippen molar-refractivity contribution in [1.29, 1.82) is 0 Å². The van der Waals surface area contributed by atoms with Crippen LogP contribution in [0.2, 0.25) is 0 Å². The minimum absolute atomic E-state index is 0.151. The van der Waals surface area contributed by atoms with Gasteiger partial charge in [0.1, 0.15) is 11.3 Å². The highest BCUT2D eigenvalue weighted by Crippen LogP contribution is 2.31. The fourth-order valence-corrected chi connectivity index (χ4v) is 3.49. The molecule has 6 nitrogen and oxygen atoms in total. The van der Waals surface area contributed by atoms with Gasteiger partial charge in [-0.1, -0.05) is 46.3 Å². The van der Waals surface area contributed by atoms with Crippen LogP contribution < -0.4 is 15.0 Å². The molecule has 1 saturated heterocycles. The van der Waals surface area contributed by atoms with Gasteiger partial charge in [0.2, 0.25) is 0 Å². The van der Waals surface area contributed by atoms with Gasteiger partial charge in [-0.05, 0) is 47.2 Å². The molecule has 0 unspecified atom stereocenters. The first kappa shape index (κ1) is 18.9. The van der Waals surface area contributed by atoms with Crippen molar-refractivity contribution in [1.82, 2.24) is 5.32 Å². The van der Waals surface area contributed by atoms with Gasteiger partial charge < -0.3 is 4.74 Å². The van der Waals surface area contributed by atoms with Gasteiger partial charge in [-0.15, -0.1) is 0 Å². The Hall–Kier alpha value is -3.45. The number of methoxy groups -OCH3 is 1. The van der Waals surface area contributed by atoms with Crippen LogP contribution in [0.4, 0.5) is 10.5 Å². The van der Waals surface area contributed by atoms with E-state index in [-0.39, 0.29) is 5.57 Å². The molecule has 0 aromatic heterocycles. The molecule has 0 radical (unpaired) electrons. The number of amides is 4. The highest BCUT2D eigenvalue weighted by molar-refractivity contribution is 9.10. The van der Waals surface area contributed by atoms with Crippen molar-refractivity contribution in [3.8, 4) is 5.75 Å². The Bertz CT molecular complexity index is 1190. The first-order valence-corrected chi connectivity index (χ1v) is 9.51. The number of nitrogens with one attached hydrogen (secondary N) is 1. The number of hydrogen-bond acceptors (Lipinski definition) is 4. The quantitative estimate of drug-likeness (QED) is 0.477. The Morgan fingerprint density at radius 3 is 2.41 bits per heavy atom. The highest BCUT2D eigenvalue weighted by Gasteiger charge is 2.37. The normalized spacial score (nSPS) is 15.7. The number of fused-ring (bicyclic) bond motifs is 1. The number of benzene rings is 3. The lowest BCUT2D eigenvalue weighted by Gasteiger charge is -2.26. The number of nitrogens with zero attached hydrogens (tertiary/aromatic N) is 1. The third-order valence-corrected chi connectivity index (χ3v) is 5.15. The fraction of sp³-hybridized carbons (Fsp3) is 0.0455. The summed E-state index contributed by atoms with van der Waals surface area (Å²) in [4.78, 5) is 38.9. The Kier molecular flexibility index (Phi) is 4.90. The molecule has 4 rings (SSSR count). The van der Waals surface area contributed by atoms with E-state index in [1.54, 1.807) is 30.3 Å².